The van der Waals surface area contributed by atoms with Gasteiger partial charge in [-0.2, -0.15) is 5.10 Å². The molecule has 0 aliphatic rings. The molecule has 21 heavy (non-hydrogen) atoms. The van der Waals surface area contributed by atoms with Gasteiger partial charge in [0.15, 0.2) is 0 Å². The summed E-state index contributed by atoms with van der Waals surface area (Å²) in [6.45, 7) is 12.1. The van der Waals surface area contributed by atoms with E-state index in [1.807, 2.05) is 24.7 Å². The first-order valence-electron chi connectivity index (χ1n) is 7.83. The zero-order valence-electron chi connectivity index (χ0n) is 13.7. The Morgan fingerprint density at radius 1 is 1.43 bits per heavy atom. The lowest BCUT2D eigenvalue weighted by atomic mass is 9.99. The number of nitrogens with zero attached hydrogens (tertiary/aromatic N) is 3. The van der Waals surface area contributed by atoms with E-state index in [1.165, 1.54) is 0 Å². The Labute approximate surface area is 127 Å². The molecule has 120 valence electrons. The summed E-state index contributed by atoms with van der Waals surface area (Å²) in [5, 5.41) is 7.10. The van der Waals surface area contributed by atoms with Crippen molar-refractivity contribution >= 4 is 11.6 Å². The molecular weight excluding hydrogens is 266 g/mol. The predicted octanol–water partition coefficient (Wildman–Crippen LogP) is 1.54. The van der Waals surface area contributed by atoms with Crippen molar-refractivity contribution in [2.24, 2.45) is 11.7 Å². The van der Waals surface area contributed by atoms with Gasteiger partial charge >= 0.3 is 0 Å². The third-order valence-corrected chi connectivity index (χ3v) is 4.00. The molecule has 2 unspecified atom stereocenters. The van der Waals surface area contributed by atoms with Gasteiger partial charge in [-0.05, 0) is 19.0 Å². The molecule has 3 N–H and O–H groups in total. The maximum absolute atomic E-state index is 12.0. The van der Waals surface area contributed by atoms with Crippen molar-refractivity contribution in [3.8, 4) is 0 Å². The number of nitrogens with one attached hydrogen (secondary N) is 1. The summed E-state index contributed by atoms with van der Waals surface area (Å²) < 4.78 is 1.85. The van der Waals surface area contributed by atoms with Crippen LogP contribution in [-0.2, 0) is 11.3 Å². The molecule has 0 spiro atoms. The fourth-order valence-electron chi connectivity index (χ4n) is 2.07. The zero-order valence-corrected chi connectivity index (χ0v) is 13.7. The van der Waals surface area contributed by atoms with E-state index < -0.39 is 6.04 Å². The molecule has 0 aliphatic heterocycles. The smallest absolute Gasteiger partial charge is 0.241 e. The maximum Gasteiger partial charge on any atom is 0.241 e. The summed E-state index contributed by atoms with van der Waals surface area (Å²) in [5.41, 5.74) is 6.62. The summed E-state index contributed by atoms with van der Waals surface area (Å²) in [6.07, 6.45) is 4.41. The van der Waals surface area contributed by atoms with E-state index in [1.54, 1.807) is 6.20 Å². The van der Waals surface area contributed by atoms with Gasteiger partial charge in [-0.3, -0.25) is 9.48 Å². The van der Waals surface area contributed by atoms with Gasteiger partial charge in [0.05, 0.1) is 24.5 Å². The monoisotopic (exact) mass is 295 g/mol. The van der Waals surface area contributed by atoms with Crippen LogP contribution in [0, 0.1) is 5.92 Å². The van der Waals surface area contributed by atoms with Gasteiger partial charge in [0.25, 0.3) is 0 Å². The van der Waals surface area contributed by atoms with Crippen molar-refractivity contribution in [2.45, 2.75) is 46.7 Å². The van der Waals surface area contributed by atoms with Crippen molar-refractivity contribution in [1.82, 2.24) is 14.7 Å². The Morgan fingerprint density at radius 3 is 2.67 bits per heavy atom. The number of amides is 1. The Morgan fingerprint density at radius 2 is 2.10 bits per heavy atom. The Bertz CT molecular complexity index is 427. The van der Waals surface area contributed by atoms with E-state index in [0.717, 1.165) is 32.6 Å². The highest BCUT2D eigenvalue weighted by Gasteiger charge is 2.19. The second kappa shape index (κ2) is 8.79. The van der Waals surface area contributed by atoms with Gasteiger partial charge < -0.3 is 16.0 Å². The van der Waals surface area contributed by atoms with Crippen molar-refractivity contribution in [1.29, 1.82) is 0 Å². The summed E-state index contributed by atoms with van der Waals surface area (Å²) in [6, 6.07) is -0.478. The van der Waals surface area contributed by atoms with Crippen LogP contribution in [0.1, 0.15) is 34.1 Å². The predicted molar refractivity (Wildman–Crippen MR) is 86.1 cm³/mol. The molecule has 6 nitrogen and oxygen atoms in total. The molecule has 0 saturated heterocycles. The van der Waals surface area contributed by atoms with E-state index in [2.05, 4.69) is 29.2 Å². The van der Waals surface area contributed by atoms with Gasteiger partial charge in [-0.1, -0.05) is 34.1 Å². The number of carbonyl (C=O) groups excluding carboxylic acids is 1. The second-order valence-electron chi connectivity index (χ2n) is 5.42. The average Bonchev–Trinajstić information content (AvgIpc) is 2.94. The Kier molecular flexibility index (Phi) is 7.39. The SMILES string of the molecule is CCC(C)C(N)C(=O)Nc1cnn(CCN(CC)CC)c1. The van der Waals surface area contributed by atoms with Crippen LogP contribution < -0.4 is 11.1 Å². The number of nitrogens with two attached hydrogens (primary N) is 1. The van der Waals surface area contributed by atoms with Crippen molar-refractivity contribution in [2.75, 3.05) is 25.0 Å². The Balaban J connectivity index is 2.50. The van der Waals surface area contributed by atoms with E-state index >= 15 is 0 Å². The fourth-order valence-corrected chi connectivity index (χ4v) is 2.07. The lowest BCUT2D eigenvalue weighted by molar-refractivity contribution is -0.118. The number of hydrogen-bond donors (Lipinski definition) is 2. The highest BCUT2D eigenvalue weighted by atomic mass is 16.2. The first-order chi connectivity index (χ1) is 10.0. The summed E-state index contributed by atoms with van der Waals surface area (Å²) in [4.78, 5) is 14.3. The van der Waals surface area contributed by atoms with E-state index in [0.29, 0.717) is 5.69 Å². The number of anilines is 1. The maximum atomic E-state index is 12.0. The molecule has 1 amide bonds. The molecule has 0 fully saturated rings. The molecule has 0 aliphatic carbocycles. The molecule has 0 radical (unpaired) electrons. The van der Waals surface area contributed by atoms with Crippen LogP contribution in [0.4, 0.5) is 5.69 Å². The summed E-state index contributed by atoms with van der Waals surface area (Å²) in [7, 11) is 0. The van der Waals surface area contributed by atoms with Gasteiger partial charge in [0.2, 0.25) is 5.91 Å². The minimum absolute atomic E-state index is 0.146. The van der Waals surface area contributed by atoms with Crippen molar-refractivity contribution in [3.63, 3.8) is 0 Å². The largest absolute Gasteiger partial charge is 0.322 e. The van der Waals surface area contributed by atoms with Crippen LogP contribution in [0.2, 0.25) is 0 Å². The minimum Gasteiger partial charge on any atom is -0.322 e. The van der Waals surface area contributed by atoms with Gasteiger partial charge in [0, 0.05) is 12.7 Å². The average molecular weight is 295 g/mol. The molecule has 0 aromatic carbocycles. The highest BCUT2D eigenvalue weighted by molar-refractivity contribution is 5.94. The zero-order chi connectivity index (χ0) is 15.8. The third kappa shape index (κ3) is 5.47. The highest BCUT2D eigenvalue weighted by Crippen LogP contribution is 2.10. The molecule has 0 saturated carbocycles. The van der Waals surface area contributed by atoms with Gasteiger partial charge in [-0.15, -0.1) is 0 Å². The van der Waals surface area contributed by atoms with E-state index in [4.69, 9.17) is 5.73 Å². The van der Waals surface area contributed by atoms with Crippen LogP contribution in [0.25, 0.3) is 0 Å². The summed E-state index contributed by atoms with van der Waals surface area (Å²) in [5.74, 6) is 0.0235. The number of aromatic nitrogens is 2. The second-order valence-corrected chi connectivity index (χ2v) is 5.42. The van der Waals surface area contributed by atoms with Crippen LogP contribution in [0.3, 0.4) is 0 Å². The minimum atomic E-state index is -0.478. The summed E-state index contributed by atoms with van der Waals surface area (Å²) >= 11 is 0. The van der Waals surface area contributed by atoms with Gasteiger partial charge in [-0.25, -0.2) is 0 Å². The van der Waals surface area contributed by atoms with E-state index in [9.17, 15) is 4.79 Å². The number of rotatable bonds is 9. The molecule has 0 bridgehead atoms. The van der Waals surface area contributed by atoms with Crippen LogP contribution >= 0.6 is 0 Å². The van der Waals surface area contributed by atoms with E-state index in [-0.39, 0.29) is 11.8 Å². The number of hydrogen-bond acceptors (Lipinski definition) is 4. The normalized spacial score (nSPS) is 14.2. The molecule has 2 atom stereocenters. The van der Waals surface area contributed by atoms with Crippen LogP contribution in [-0.4, -0.2) is 46.3 Å². The van der Waals surface area contributed by atoms with Gasteiger partial charge in [0.1, 0.15) is 0 Å². The molecule has 1 aromatic heterocycles. The first-order valence-corrected chi connectivity index (χ1v) is 7.83. The fraction of sp³-hybridized carbons (Fsp3) is 0.733. The lowest BCUT2D eigenvalue weighted by Crippen LogP contribution is -2.40. The first kappa shape index (κ1) is 17.7. The van der Waals surface area contributed by atoms with Crippen molar-refractivity contribution < 1.29 is 4.79 Å². The van der Waals surface area contributed by atoms with Crippen LogP contribution in [0.5, 0.6) is 0 Å². The van der Waals surface area contributed by atoms with Crippen molar-refractivity contribution in [3.05, 3.63) is 12.4 Å². The molecule has 1 rings (SSSR count). The number of carbonyl (C=O) groups is 1. The topological polar surface area (TPSA) is 76.2 Å². The molecule has 6 heteroatoms. The Hall–Kier alpha value is -1.40. The molecule has 1 aromatic rings. The van der Waals surface area contributed by atoms with Crippen LogP contribution in [0.15, 0.2) is 12.4 Å². The quantitative estimate of drug-likeness (QED) is 0.724. The lowest BCUT2D eigenvalue weighted by Gasteiger charge is -2.17. The number of likely N-dealkylation sites (N-methyl/N-ethyl adjacent to an activating group) is 1. The third-order valence-electron chi connectivity index (χ3n) is 4.00. The molecular formula is C15H29N5O. The molecule has 1 heterocycles. The standard InChI is InChI=1S/C15H29N5O/c1-5-12(4)14(16)15(21)18-13-10-17-20(11-13)9-8-19(6-2)7-3/h10-12,14H,5-9,16H2,1-4H3,(H,18,21).